The average Bonchev–Trinajstić information content (AvgIpc) is 2.85. The van der Waals surface area contributed by atoms with Crippen molar-refractivity contribution < 1.29 is 28.4 Å². The zero-order valence-electron chi connectivity index (χ0n) is 14.7. The topological polar surface area (TPSA) is 179 Å². The summed E-state index contributed by atoms with van der Waals surface area (Å²) in [7, 11) is -5.38. The standard InChI is InChI=1S/C13H29BN4O6S/c1-12(2,7-15)8-17-25(23,24)18-6-10(4-3-5-14(21)22)13(16,9-18)11(19)20/h10,17,21-22H,3-9,15-16H2,1-2H3,(H,19,20)/t10-,13-/m0/s1. The Morgan fingerprint density at radius 3 is 2.52 bits per heavy atom. The Balaban J connectivity index is 2.83. The SMILES string of the molecule is CC(C)(CN)CNS(=O)(=O)N1C[C@H](CCCB(O)O)[C@](N)(C(=O)O)C1. The fraction of sp³-hybridized carbons (Fsp3) is 0.923. The Morgan fingerprint density at radius 2 is 2.04 bits per heavy atom. The quantitative estimate of drug-likeness (QED) is 0.230. The average molecular weight is 380 g/mol. The van der Waals surface area contributed by atoms with E-state index < -0.39 is 40.2 Å². The first-order valence-corrected chi connectivity index (χ1v) is 9.61. The van der Waals surface area contributed by atoms with Crippen molar-refractivity contribution in [2.45, 2.75) is 38.5 Å². The molecule has 1 saturated heterocycles. The third-order valence-electron chi connectivity index (χ3n) is 4.63. The highest BCUT2D eigenvalue weighted by Crippen LogP contribution is 2.32. The zero-order chi connectivity index (χ0) is 19.5. The van der Waals surface area contributed by atoms with Crippen molar-refractivity contribution in [3.63, 3.8) is 0 Å². The Hall–Kier alpha value is -0.755. The lowest BCUT2D eigenvalue weighted by Gasteiger charge is -2.26. The number of hydrogen-bond acceptors (Lipinski definition) is 7. The summed E-state index contributed by atoms with van der Waals surface area (Å²) in [6.07, 6.45) is 0.679. The van der Waals surface area contributed by atoms with E-state index in [9.17, 15) is 18.3 Å². The number of carboxylic acid groups (broad SMARTS) is 1. The minimum atomic E-state index is -3.90. The van der Waals surface area contributed by atoms with Gasteiger partial charge >= 0.3 is 13.1 Å². The molecular formula is C13H29BN4O6S. The van der Waals surface area contributed by atoms with Gasteiger partial charge in [0.05, 0.1) is 0 Å². The Bertz CT molecular complexity index is 573. The second-order valence-electron chi connectivity index (χ2n) is 7.44. The molecule has 1 aliphatic rings. The molecule has 10 nitrogen and oxygen atoms in total. The summed E-state index contributed by atoms with van der Waals surface area (Å²) in [4.78, 5) is 11.6. The number of rotatable bonds is 10. The molecule has 2 atom stereocenters. The third-order valence-corrected chi connectivity index (χ3v) is 6.10. The monoisotopic (exact) mass is 380 g/mol. The van der Waals surface area contributed by atoms with E-state index in [0.717, 1.165) is 4.31 Å². The minimum absolute atomic E-state index is 0.0390. The van der Waals surface area contributed by atoms with Gasteiger partial charge in [0.2, 0.25) is 0 Å². The van der Waals surface area contributed by atoms with Crippen molar-refractivity contribution in [3.8, 4) is 0 Å². The van der Waals surface area contributed by atoms with E-state index in [1.165, 1.54) is 0 Å². The highest BCUT2D eigenvalue weighted by atomic mass is 32.2. The van der Waals surface area contributed by atoms with Crippen molar-refractivity contribution in [3.05, 3.63) is 0 Å². The molecule has 0 bridgehead atoms. The number of nitrogens with two attached hydrogens (primary N) is 2. The summed E-state index contributed by atoms with van der Waals surface area (Å²) in [5.41, 5.74) is 9.42. The van der Waals surface area contributed by atoms with Gasteiger partial charge in [0.1, 0.15) is 5.54 Å². The smallest absolute Gasteiger partial charge is 0.451 e. The van der Waals surface area contributed by atoms with Crippen LogP contribution in [0.4, 0.5) is 0 Å². The van der Waals surface area contributed by atoms with Gasteiger partial charge in [0.25, 0.3) is 10.2 Å². The number of carbonyl (C=O) groups is 1. The van der Waals surface area contributed by atoms with E-state index in [0.29, 0.717) is 6.42 Å². The maximum absolute atomic E-state index is 12.5. The van der Waals surface area contributed by atoms with E-state index in [1.807, 2.05) is 13.8 Å². The molecule has 0 amide bonds. The summed E-state index contributed by atoms with van der Waals surface area (Å²) in [5, 5.41) is 27.2. The normalized spacial score (nSPS) is 25.3. The van der Waals surface area contributed by atoms with E-state index in [1.54, 1.807) is 0 Å². The first-order chi connectivity index (χ1) is 11.3. The van der Waals surface area contributed by atoms with Gasteiger partial charge in [0.15, 0.2) is 0 Å². The number of nitrogens with zero attached hydrogens (tertiary/aromatic N) is 1. The lowest BCUT2D eigenvalue weighted by atomic mass is 9.78. The lowest BCUT2D eigenvalue weighted by Crippen LogP contribution is -2.55. The van der Waals surface area contributed by atoms with Crippen LogP contribution in [0.3, 0.4) is 0 Å². The first-order valence-electron chi connectivity index (χ1n) is 8.17. The zero-order valence-corrected chi connectivity index (χ0v) is 15.5. The Kier molecular flexibility index (Phi) is 7.39. The van der Waals surface area contributed by atoms with Crippen molar-refractivity contribution in [1.82, 2.24) is 9.03 Å². The molecule has 1 heterocycles. The van der Waals surface area contributed by atoms with Gasteiger partial charge in [-0.2, -0.15) is 12.7 Å². The second-order valence-corrected chi connectivity index (χ2v) is 9.20. The fourth-order valence-corrected chi connectivity index (χ4v) is 4.18. The number of nitrogens with one attached hydrogen (secondary N) is 1. The molecule has 0 radical (unpaired) electrons. The first kappa shape index (κ1) is 22.3. The van der Waals surface area contributed by atoms with E-state index in [4.69, 9.17) is 21.5 Å². The molecule has 1 aliphatic heterocycles. The van der Waals surface area contributed by atoms with Gasteiger partial charge in [-0.15, -0.1) is 0 Å². The summed E-state index contributed by atoms with van der Waals surface area (Å²) >= 11 is 0. The largest absolute Gasteiger partial charge is 0.480 e. The van der Waals surface area contributed by atoms with Gasteiger partial charge in [-0.3, -0.25) is 4.79 Å². The molecule has 0 saturated carbocycles. The third kappa shape index (κ3) is 5.88. The van der Waals surface area contributed by atoms with Gasteiger partial charge in [-0.25, -0.2) is 4.72 Å². The predicted octanol–water partition coefficient (Wildman–Crippen LogP) is -2.23. The van der Waals surface area contributed by atoms with Crippen LogP contribution < -0.4 is 16.2 Å². The molecule has 1 fully saturated rings. The number of hydrogen-bond donors (Lipinski definition) is 6. The maximum atomic E-state index is 12.5. The van der Waals surface area contributed by atoms with Crippen LogP contribution in [0.15, 0.2) is 0 Å². The Labute approximate surface area is 148 Å². The number of carboxylic acids is 1. The van der Waals surface area contributed by atoms with Gasteiger partial charge in [-0.05, 0) is 24.7 Å². The predicted molar refractivity (Wildman–Crippen MR) is 93.6 cm³/mol. The van der Waals surface area contributed by atoms with Crippen molar-refractivity contribution in [2.24, 2.45) is 22.8 Å². The molecule has 0 aliphatic carbocycles. The summed E-state index contributed by atoms with van der Waals surface area (Å²) in [5.74, 6) is -1.90. The molecular weight excluding hydrogens is 351 g/mol. The lowest BCUT2D eigenvalue weighted by molar-refractivity contribution is -0.144. The van der Waals surface area contributed by atoms with Crippen molar-refractivity contribution >= 4 is 23.3 Å². The van der Waals surface area contributed by atoms with Crippen LogP contribution in [0.2, 0.25) is 6.32 Å². The highest BCUT2D eigenvalue weighted by molar-refractivity contribution is 7.87. The van der Waals surface area contributed by atoms with E-state index in [-0.39, 0.29) is 38.9 Å². The van der Waals surface area contributed by atoms with Gasteiger partial charge in [-0.1, -0.05) is 20.3 Å². The van der Waals surface area contributed by atoms with Gasteiger partial charge < -0.3 is 26.6 Å². The van der Waals surface area contributed by atoms with Crippen molar-refractivity contribution in [1.29, 1.82) is 0 Å². The maximum Gasteiger partial charge on any atom is 0.451 e. The molecule has 8 N–H and O–H groups in total. The molecule has 1 rings (SSSR count). The van der Waals surface area contributed by atoms with Crippen LogP contribution in [0.1, 0.15) is 26.7 Å². The molecule has 146 valence electrons. The summed E-state index contributed by atoms with van der Waals surface area (Å²) in [6, 6.07) is 0. The molecule has 0 spiro atoms. The molecule has 0 aromatic rings. The van der Waals surface area contributed by atoms with E-state index in [2.05, 4.69) is 4.72 Å². The minimum Gasteiger partial charge on any atom is -0.480 e. The Morgan fingerprint density at radius 1 is 1.44 bits per heavy atom. The molecule has 25 heavy (non-hydrogen) atoms. The van der Waals surface area contributed by atoms with E-state index >= 15 is 0 Å². The highest BCUT2D eigenvalue weighted by Gasteiger charge is 2.52. The summed E-state index contributed by atoms with van der Waals surface area (Å²) in [6.45, 7) is 3.65. The van der Waals surface area contributed by atoms with Crippen LogP contribution >= 0.6 is 0 Å². The number of aliphatic carboxylic acids is 1. The molecule has 0 unspecified atom stereocenters. The van der Waals surface area contributed by atoms with Gasteiger partial charge in [0, 0.05) is 25.6 Å². The van der Waals surface area contributed by atoms with Crippen LogP contribution in [0.25, 0.3) is 0 Å². The molecule has 12 heteroatoms. The molecule has 0 aromatic heterocycles. The van der Waals surface area contributed by atoms with Crippen LogP contribution in [0.5, 0.6) is 0 Å². The van der Waals surface area contributed by atoms with Crippen LogP contribution in [0, 0.1) is 11.3 Å². The van der Waals surface area contributed by atoms with Crippen LogP contribution in [-0.2, 0) is 15.0 Å². The fourth-order valence-electron chi connectivity index (χ4n) is 2.67. The van der Waals surface area contributed by atoms with Crippen molar-refractivity contribution in [2.75, 3.05) is 26.2 Å². The molecule has 0 aromatic carbocycles. The summed E-state index contributed by atoms with van der Waals surface area (Å²) < 4.78 is 28.4. The second kappa shape index (κ2) is 8.29. The van der Waals surface area contributed by atoms with Crippen LogP contribution in [-0.4, -0.2) is 72.7 Å².